The molecule has 100 valence electrons. The molecule has 0 aromatic heterocycles. The van der Waals surface area contributed by atoms with E-state index >= 15 is 0 Å². The Balaban J connectivity index is 2.03. The molecule has 0 aliphatic carbocycles. The lowest BCUT2D eigenvalue weighted by Crippen LogP contribution is -2.45. The van der Waals surface area contributed by atoms with Gasteiger partial charge in [0, 0.05) is 0 Å². The molecule has 0 bridgehead atoms. The lowest BCUT2D eigenvalue weighted by molar-refractivity contribution is 0.0320. The Morgan fingerprint density at radius 1 is 1.56 bits per heavy atom. The summed E-state index contributed by atoms with van der Waals surface area (Å²) in [4.78, 5) is 0. The lowest BCUT2D eigenvalue weighted by Gasteiger charge is -2.23. The number of halogens is 2. The summed E-state index contributed by atoms with van der Waals surface area (Å²) in [6.45, 7) is 2.07. The molecule has 1 saturated heterocycles. The summed E-state index contributed by atoms with van der Waals surface area (Å²) >= 11 is 3.19. The van der Waals surface area contributed by atoms with Gasteiger partial charge in [-0.1, -0.05) is 6.07 Å². The molecule has 2 rings (SSSR count). The van der Waals surface area contributed by atoms with Crippen molar-refractivity contribution in [1.82, 2.24) is 5.43 Å². The van der Waals surface area contributed by atoms with E-state index in [4.69, 9.17) is 10.6 Å². The Hall–Kier alpha value is -0.490. The number of benzene rings is 1. The van der Waals surface area contributed by atoms with Crippen LogP contribution in [0.25, 0.3) is 0 Å². The van der Waals surface area contributed by atoms with Gasteiger partial charge in [0.2, 0.25) is 0 Å². The summed E-state index contributed by atoms with van der Waals surface area (Å²) in [5.41, 5.74) is 3.85. The molecule has 1 aromatic rings. The molecule has 0 spiro atoms. The zero-order valence-corrected chi connectivity index (χ0v) is 11.9. The number of nitrogens with two attached hydrogens (primary N) is 1. The summed E-state index contributed by atoms with van der Waals surface area (Å²) in [6.07, 6.45) is 3.24. The van der Waals surface area contributed by atoms with Gasteiger partial charge in [-0.05, 0) is 59.8 Å². The van der Waals surface area contributed by atoms with E-state index < -0.39 is 0 Å². The summed E-state index contributed by atoms with van der Waals surface area (Å²) in [7, 11) is 0. The number of hydrazine groups is 1. The fourth-order valence-electron chi connectivity index (χ4n) is 2.35. The SMILES string of the molecule is CC1CCC(C(Cc2ccc(F)c(Br)c2)NN)O1. The third-order valence-corrected chi connectivity index (χ3v) is 3.97. The zero-order valence-electron chi connectivity index (χ0n) is 10.3. The molecule has 3 nitrogen and oxygen atoms in total. The third-order valence-electron chi connectivity index (χ3n) is 3.37. The van der Waals surface area contributed by atoms with E-state index in [1.54, 1.807) is 12.1 Å². The third kappa shape index (κ3) is 3.29. The fraction of sp³-hybridized carbons (Fsp3) is 0.538. The molecule has 0 amide bonds. The Labute approximate surface area is 115 Å². The number of rotatable bonds is 4. The van der Waals surface area contributed by atoms with Crippen molar-refractivity contribution in [2.45, 2.75) is 44.4 Å². The van der Waals surface area contributed by atoms with Crippen molar-refractivity contribution >= 4 is 15.9 Å². The Morgan fingerprint density at radius 3 is 2.89 bits per heavy atom. The van der Waals surface area contributed by atoms with Crippen LogP contribution in [0, 0.1) is 5.82 Å². The van der Waals surface area contributed by atoms with Gasteiger partial charge in [-0.25, -0.2) is 4.39 Å². The van der Waals surface area contributed by atoms with Crippen LogP contribution in [-0.2, 0) is 11.2 Å². The van der Waals surface area contributed by atoms with E-state index in [1.165, 1.54) is 6.07 Å². The van der Waals surface area contributed by atoms with Crippen LogP contribution in [0.15, 0.2) is 22.7 Å². The molecule has 5 heteroatoms. The van der Waals surface area contributed by atoms with Crippen LogP contribution < -0.4 is 11.3 Å². The van der Waals surface area contributed by atoms with Crippen LogP contribution in [0.1, 0.15) is 25.3 Å². The first-order chi connectivity index (χ1) is 8.60. The maximum absolute atomic E-state index is 13.2. The van der Waals surface area contributed by atoms with Crippen LogP contribution in [-0.4, -0.2) is 18.2 Å². The predicted molar refractivity (Wildman–Crippen MR) is 72.5 cm³/mol. The predicted octanol–water partition coefficient (Wildman–Crippen LogP) is 2.53. The van der Waals surface area contributed by atoms with Gasteiger partial charge in [0.05, 0.1) is 22.7 Å². The molecule has 1 aromatic carbocycles. The molecule has 0 saturated carbocycles. The average Bonchev–Trinajstić information content (AvgIpc) is 2.77. The van der Waals surface area contributed by atoms with Crippen molar-refractivity contribution in [3.63, 3.8) is 0 Å². The van der Waals surface area contributed by atoms with Crippen molar-refractivity contribution in [2.75, 3.05) is 0 Å². The van der Waals surface area contributed by atoms with E-state index in [0.29, 0.717) is 10.6 Å². The Morgan fingerprint density at radius 2 is 2.33 bits per heavy atom. The van der Waals surface area contributed by atoms with Gasteiger partial charge in [-0.2, -0.15) is 0 Å². The molecule has 1 aliphatic rings. The quantitative estimate of drug-likeness (QED) is 0.663. The average molecular weight is 317 g/mol. The maximum Gasteiger partial charge on any atom is 0.137 e. The highest BCUT2D eigenvalue weighted by Crippen LogP contribution is 2.24. The van der Waals surface area contributed by atoms with Gasteiger partial charge >= 0.3 is 0 Å². The van der Waals surface area contributed by atoms with Crippen LogP contribution in [0.2, 0.25) is 0 Å². The minimum absolute atomic E-state index is 0.0623. The molecule has 3 N–H and O–H groups in total. The minimum atomic E-state index is -0.248. The fourth-order valence-corrected chi connectivity index (χ4v) is 2.77. The number of hydrogen-bond acceptors (Lipinski definition) is 3. The molecule has 3 unspecified atom stereocenters. The second-order valence-electron chi connectivity index (χ2n) is 4.79. The van der Waals surface area contributed by atoms with Gasteiger partial charge in [-0.3, -0.25) is 11.3 Å². The Kier molecular flexibility index (Phi) is 4.72. The van der Waals surface area contributed by atoms with Crippen LogP contribution in [0.5, 0.6) is 0 Å². The molecule has 18 heavy (non-hydrogen) atoms. The van der Waals surface area contributed by atoms with Crippen molar-refractivity contribution < 1.29 is 9.13 Å². The van der Waals surface area contributed by atoms with E-state index in [2.05, 4.69) is 28.3 Å². The van der Waals surface area contributed by atoms with Gasteiger partial charge in [0.15, 0.2) is 0 Å². The highest BCUT2D eigenvalue weighted by Gasteiger charge is 2.29. The Bertz CT molecular complexity index is 416. The van der Waals surface area contributed by atoms with Crippen LogP contribution in [0.4, 0.5) is 4.39 Å². The van der Waals surface area contributed by atoms with Gasteiger partial charge < -0.3 is 4.74 Å². The van der Waals surface area contributed by atoms with E-state index in [1.807, 2.05) is 0 Å². The monoisotopic (exact) mass is 316 g/mol. The first kappa shape index (κ1) is 13.9. The number of ether oxygens (including phenoxy) is 1. The summed E-state index contributed by atoms with van der Waals surface area (Å²) in [6, 6.07) is 5.10. The second-order valence-corrected chi connectivity index (χ2v) is 5.64. The molecular weight excluding hydrogens is 299 g/mol. The number of hydrogen-bond donors (Lipinski definition) is 2. The van der Waals surface area contributed by atoms with Crippen molar-refractivity contribution in [3.8, 4) is 0 Å². The molecule has 1 aliphatic heterocycles. The zero-order chi connectivity index (χ0) is 13.1. The summed E-state index contributed by atoms with van der Waals surface area (Å²) in [5.74, 6) is 5.35. The first-order valence-electron chi connectivity index (χ1n) is 6.15. The topological polar surface area (TPSA) is 47.3 Å². The number of nitrogens with one attached hydrogen (secondary N) is 1. The van der Waals surface area contributed by atoms with Gasteiger partial charge in [0.1, 0.15) is 5.82 Å². The highest BCUT2D eigenvalue weighted by molar-refractivity contribution is 9.10. The normalized spacial score (nSPS) is 25.3. The molecule has 3 atom stereocenters. The van der Waals surface area contributed by atoms with Crippen molar-refractivity contribution in [1.29, 1.82) is 0 Å². The van der Waals surface area contributed by atoms with E-state index in [-0.39, 0.29) is 18.0 Å². The summed E-state index contributed by atoms with van der Waals surface area (Å²) < 4.78 is 19.5. The summed E-state index contributed by atoms with van der Waals surface area (Å²) in [5, 5.41) is 0. The van der Waals surface area contributed by atoms with Crippen LogP contribution >= 0.6 is 15.9 Å². The molecule has 0 radical (unpaired) electrons. The molecular formula is C13H18BrFN2O. The van der Waals surface area contributed by atoms with Crippen molar-refractivity contribution in [3.05, 3.63) is 34.1 Å². The maximum atomic E-state index is 13.2. The molecule has 1 fully saturated rings. The van der Waals surface area contributed by atoms with Gasteiger partial charge in [-0.15, -0.1) is 0 Å². The second kappa shape index (κ2) is 6.10. The standard InChI is InChI=1S/C13H18BrFN2O/c1-8-2-5-13(18-8)12(17-16)7-9-3-4-11(15)10(14)6-9/h3-4,6,8,12-13,17H,2,5,7,16H2,1H3. The van der Waals surface area contributed by atoms with Crippen molar-refractivity contribution in [2.24, 2.45) is 5.84 Å². The van der Waals surface area contributed by atoms with E-state index in [0.717, 1.165) is 24.8 Å². The first-order valence-corrected chi connectivity index (χ1v) is 6.95. The van der Waals surface area contributed by atoms with E-state index in [9.17, 15) is 4.39 Å². The van der Waals surface area contributed by atoms with Crippen LogP contribution in [0.3, 0.4) is 0 Å². The highest BCUT2D eigenvalue weighted by atomic mass is 79.9. The lowest BCUT2D eigenvalue weighted by atomic mass is 10.00. The minimum Gasteiger partial charge on any atom is -0.374 e. The largest absolute Gasteiger partial charge is 0.374 e. The van der Waals surface area contributed by atoms with Gasteiger partial charge in [0.25, 0.3) is 0 Å². The smallest absolute Gasteiger partial charge is 0.137 e. The molecule has 1 heterocycles.